The van der Waals surface area contributed by atoms with Crippen LogP contribution in [0.2, 0.25) is 0 Å². The van der Waals surface area contributed by atoms with E-state index < -0.39 is 0 Å². The summed E-state index contributed by atoms with van der Waals surface area (Å²) in [7, 11) is 0. The van der Waals surface area contributed by atoms with Crippen LogP contribution >= 0.6 is 0 Å². The van der Waals surface area contributed by atoms with Crippen molar-refractivity contribution in [3.05, 3.63) is 59.8 Å². The second-order valence-corrected chi connectivity index (χ2v) is 4.26. The van der Waals surface area contributed by atoms with Crippen LogP contribution in [0.25, 0.3) is 10.8 Å². The fourth-order valence-corrected chi connectivity index (χ4v) is 2.34. The fourth-order valence-electron chi connectivity index (χ4n) is 2.34. The second kappa shape index (κ2) is 4.01. The second-order valence-electron chi connectivity index (χ2n) is 4.26. The molecule has 1 heterocycles. The van der Waals surface area contributed by atoms with Crippen LogP contribution in [-0.4, -0.2) is 6.54 Å². The summed E-state index contributed by atoms with van der Waals surface area (Å²) in [6.45, 7) is 1.10. The lowest BCUT2D eigenvalue weighted by atomic mass is 10.0. The first kappa shape index (κ1) is 9.46. The van der Waals surface area contributed by atoms with Crippen molar-refractivity contribution in [2.45, 2.75) is 12.8 Å². The van der Waals surface area contributed by atoms with Gasteiger partial charge in [-0.3, -0.25) is 0 Å². The minimum Gasteiger partial charge on any atom is -0.388 e. The molecule has 1 N–H and O–H groups in total. The smallest absolute Gasteiger partial charge is 0.0179 e. The molecular formula is C15H15N. The Balaban J connectivity index is 2.02. The third-order valence-electron chi connectivity index (χ3n) is 3.15. The Morgan fingerprint density at radius 2 is 1.88 bits per heavy atom. The molecule has 0 fully saturated rings. The van der Waals surface area contributed by atoms with Crippen molar-refractivity contribution in [1.29, 1.82) is 0 Å². The van der Waals surface area contributed by atoms with Crippen LogP contribution in [0, 0.1) is 0 Å². The Morgan fingerprint density at radius 1 is 1.00 bits per heavy atom. The Morgan fingerprint density at radius 3 is 2.75 bits per heavy atom. The molecule has 1 nitrogen and oxygen atoms in total. The molecule has 80 valence electrons. The van der Waals surface area contributed by atoms with Gasteiger partial charge in [0.05, 0.1) is 0 Å². The Bertz CT molecular complexity index is 535. The topological polar surface area (TPSA) is 12.0 Å². The standard InChI is InChI=1S/C15H15N/c1-2-9-15-12(5-1)6-3-7-13(15)11-14-8-4-10-16-14/h1-3,5-9,16H,4,10-11H2. The third-order valence-corrected chi connectivity index (χ3v) is 3.15. The first-order chi connectivity index (χ1) is 7.93. The Hall–Kier alpha value is -1.76. The predicted molar refractivity (Wildman–Crippen MR) is 68.4 cm³/mol. The highest BCUT2D eigenvalue weighted by Gasteiger charge is 2.06. The molecule has 1 heteroatoms. The summed E-state index contributed by atoms with van der Waals surface area (Å²) in [5.41, 5.74) is 2.79. The largest absolute Gasteiger partial charge is 0.388 e. The third kappa shape index (κ3) is 1.69. The van der Waals surface area contributed by atoms with Crippen molar-refractivity contribution < 1.29 is 0 Å². The molecule has 0 radical (unpaired) electrons. The molecule has 0 spiro atoms. The maximum absolute atomic E-state index is 3.43. The van der Waals surface area contributed by atoms with Gasteiger partial charge in [0, 0.05) is 18.7 Å². The first-order valence-electron chi connectivity index (χ1n) is 5.83. The van der Waals surface area contributed by atoms with Gasteiger partial charge in [-0.05, 0) is 22.8 Å². The van der Waals surface area contributed by atoms with Gasteiger partial charge in [0.1, 0.15) is 0 Å². The van der Waals surface area contributed by atoms with Gasteiger partial charge in [-0.1, -0.05) is 48.5 Å². The summed E-state index contributed by atoms with van der Waals surface area (Å²) in [6.07, 6.45) is 4.50. The molecule has 0 saturated carbocycles. The van der Waals surface area contributed by atoms with Crippen LogP contribution in [-0.2, 0) is 6.42 Å². The molecule has 1 aliphatic rings. The summed E-state index contributed by atoms with van der Waals surface area (Å²) < 4.78 is 0. The number of benzene rings is 2. The lowest BCUT2D eigenvalue weighted by Gasteiger charge is -2.08. The van der Waals surface area contributed by atoms with E-state index in [4.69, 9.17) is 0 Å². The van der Waals surface area contributed by atoms with E-state index in [1.165, 1.54) is 28.5 Å². The number of hydrogen-bond donors (Lipinski definition) is 1. The molecule has 0 amide bonds. The highest BCUT2D eigenvalue weighted by molar-refractivity contribution is 5.85. The minimum atomic E-state index is 1.03. The van der Waals surface area contributed by atoms with Crippen molar-refractivity contribution in [3.63, 3.8) is 0 Å². The van der Waals surface area contributed by atoms with E-state index in [-0.39, 0.29) is 0 Å². The number of hydrogen-bond acceptors (Lipinski definition) is 1. The van der Waals surface area contributed by atoms with E-state index in [0.717, 1.165) is 13.0 Å². The zero-order chi connectivity index (χ0) is 10.8. The van der Waals surface area contributed by atoms with Crippen molar-refractivity contribution in [1.82, 2.24) is 5.32 Å². The summed E-state index contributed by atoms with van der Waals surface area (Å²) >= 11 is 0. The maximum Gasteiger partial charge on any atom is 0.0179 e. The van der Waals surface area contributed by atoms with Gasteiger partial charge in [0.25, 0.3) is 0 Å². The van der Waals surface area contributed by atoms with Crippen LogP contribution in [0.1, 0.15) is 12.0 Å². The quantitative estimate of drug-likeness (QED) is 0.800. The Labute approximate surface area is 95.8 Å². The van der Waals surface area contributed by atoms with Crippen LogP contribution < -0.4 is 5.32 Å². The average molecular weight is 209 g/mol. The van der Waals surface area contributed by atoms with Crippen molar-refractivity contribution in [2.24, 2.45) is 0 Å². The van der Waals surface area contributed by atoms with Crippen LogP contribution in [0.15, 0.2) is 54.2 Å². The average Bonchev–Trinajstić information content (AvgIpc) is 2.82. The molecule has 2 aromatic carbocycles. The first-order valence-corrected chi connectivity index (χ1v) is 5.83. The van der Waals surface area contributed by atoms with Crippen LogP contribution in [0.3, 0.4) is 0 Å². The van der Waals surface area contributed by atoms with Crippen molar-refractivity contribution in [3.8, 4) is 0 Å². The number of rotatable bonds is 2. The highest BCUT2D eigenvalue weighted by Crippen LogP contribution is 2.21. The SMILES string of the molecule is C1=C(Cc2cccc3ccccc23)NCC1. The molecular weight excluding hydrogens is 194 g/mol. The minimum absolute atomic E-state index is 1.03. The maximum atomic E-state index is 3.43. The van der Waals surface area contributed by atoms with Gasteiger partial charge >= 0.3 is 0 Å². The van der Waals surface area contributed by atoms with E-state index in [2.05, 4.69) is 53.9 Å². The molecule has 0 unspecified atom stereocenters. The van der Waals surface area contributed by atoms with Gasteiger partial charge in [-0.15, -0.1) is 0 Å². The summed E-state index contributed by atoms with van der Waals surface area (Å²) in [6, 6.07) is 15.1. The van der Waals surface area contributed by atoms with E-state index in [0.29, 0.717) is 0 Å². The van der Waals surface area contributed by atoms with Gasteiger partial charge < -0.3 is 5.32 Å². The van der Waals surface area contributed by atoms with Crippen LogP contribution in [0.5, 0.6) is 0 Å². The number of fused-ring (bicyclic) bond motifs is 1. The fraction of sp³-hybridized carbons (Fsp3) is 0.200. The lowest BCUT2D eigenvalue weighted by Crippen LogP contribution is -2.09. The molecule has 2 aromatic rings. The zero-order valence-electron chi connectivity index (χ0n) is 9.24. The van der Waals surface area contributed by atoms with Gasteiger partial charge in [0.2, 0.25) is 0 Å². The predicted octanol–water partition coefficient (Wildman–Crippen LogP) is 3.26. The van der Waals surface area contributed by atoms with Crippen molar-refractivity contribution >= 4 is 10.8 Å². The van der Waals surface area contributed by atoms with E-state index in [1.54, 1.807) is 0 Å². The lowest BCUT2D eigenvalue weighted by molar-refractivity contribution is 0.849. The summed E-state index contributed by atoms with van der Waals surface area (Å²) in [5.74, 6) is 0. The molecule has 0 saturated heterocycles. The molecule has 0 aromatic heterocycles. The molecule has 3 rings (SSSR count). The normalized spacial score (nSPS) is 14.9. The molecule has 16 heavy (non-hydrogen) atoms. The van der Waals surface area contributed by atoms with Gasteiger partial charge in [0.15, 0.2) is 0 Å². The molecule has 0 atom stereocenters. The zero-order valence-corrected chi connectivity index (χ0v) is 9.24. The molecule has 0 bridgehead atoms. The Kier molecular flexibility index (Phi) is 2.37. The van der Waals surface area contributed by atoms with Crippen molar-refractivity contribution in [2.75, 3.05) is 6.54 Å². The van der Waals surface area contributed by atoms with Gasteiger partial charge in [-0.25, -0.2) is 0 Å². The van der Waals surface area contributed by atoms with Crippen LogP contribution in [0.4, 0.5) is 0 Å². The van der Waals surface area contributed by atoms with E-state index in [9.17, 15) is 0 Å². The summed E-state index contributed by atoms with van der Waals surface area (Å²) in [5, 5.41) is 6.14. The number of nitrogens with one attached hydrogen (secondary N) is 1. The van der Waals surface area contributed by atoms with E-state index >= 15 is 0 Å². The molecule has 1 aliphatic heterocycles. The summed E-state index contributed by atoms with van der Waals surface area (Å²) in [4.78, 5) is 0. The highest BCUT2D eigenvalue weighted by atomic mass is 14.9. The number of allylic oxidation sites excluding steroid dienone is 1. The molecule has 0 aliphatic carbocycles. The van der Waals surface area contributed by atoms with Gasteiger partial charge in [-0.2, -0.15) is 0 Å². The van der Waals surface area contributed by atoms with E-state index in [1.807, 2.05) is 0 Å². The monoisotopic (exact) mass is 209 g/mol.